The molecule has 0 unspecified atom stereocenters. The van der Waals surface area contributed by atoms with Gasteiger partial charge < -0.3 is 15.3 Å². The summed E-state index contributed by atoms with van der Waals surface area (Å²) in [6.45, 7) is 5.75. The number of Topliss-reactive ketones (excluding diaryl/α,β-unsaturated/α-hetero) is 1. The van der Waals surface area contributed by atoms with Crippen LogP contribution in [0.3, 0.4) is 0 Å². The van der Waals surface area contributed by atoms with Gasteiger partial charge in [-0.2, -0.15) is 0 Å². The second-order valence-electron chi connectivity index (χ2n) is 5.47. The van der Waals surface area contributed by atoms with E-state index in [2.05, 4.69) is 34.1 Å². The van der Waals surface area contributed by atoms with Crippen molar-refractivity contribution >= 4 is 22.5 Å². The lowest BCUT2D eigenvalue weighted by Gasteiger charge is -2.05. The number of carbonyl (C=O) groups is 1. The van der Waals surface area contributed by atoms with Crippen LogP contribution in [-0.4, -0.2) is 26.8 Å². The molecule has 21 heavy (non-hydrogen) atoms. The molecule has 108 valence electrons. The Bertz CT molecular complexity index is 798. The highest BCUT2D eigenvalue weighted by Gasteiger charge is 2.09. The molecule has 0 aliphatic rings. The number of hydrogen-bond donors (Lipinski definition) is 3. The van der Waals surface area contributed by atoms with Crippen LogP contribution in [0.1, 0.15) is 31.1 Å². The predicted octanol–water partition coefficient (Wildman–Crippen LogP) is 3.58. The van der Waals surface area contributed by atoms with Crippen LogP contribution >= 0.6 is 0 Å². The van der Waals surface area contributed by atoms with E-state index in [1.807, 2.05) is 24.4 Å². The smallest absolute Gasteiger partial charge is 0.159 e. The maximum Gasteiger partial charge on any atom is 0.159 e. The molecular formula is C16H18N4O. The highest BCUT2D eigenvalue weighted by atomic mass is 16.1. The van der Waals surface area contributed by atoms with Crippen molar-refractivity contribution in [3.8, 4) is 11.5 Å². The zero-order valence-electron chi connectivity index (χ0n) is 12.3. The molecule has 3 rings (SSSR count). The second kappa shape index (κ2) is 5.09. The lowest BCUT2D eigenvalue weighted by molar-refractivity contribution is 0.101. The summed E-state index contributed by atoms with van der Waals surface area (Å²) in [5.41, 5.74) is 4.35. The summed E-state index contributed by atoms with van der Waals surface area (Å²) in [6, 6.07) is 7.90. The number of rotatable bonds is 4. The molecule has 2 aromatic heterocycles. The zero-order chi connectivity index (χ0) is 15.0. The fourth-order valence-corrected chi connectivity index (χ4v) is 2.30. The first-order chi connectivity index (χ1) is 10.0. The van der Waals surface area contributed by atoms with E-state index in [1.54, 1.807) is 13.0 Å². The summed E-state index contributed by atoms with van der Waals surface area (Å²) in [7, 11) is 0. The van der Waals surface area contributed by atoms with E-state index in [9.17, 15) is 4.79 Å². The minimum Gasteiger partial charge on any atom is -0.382 e. The van der Waals surface area contributed by atoms with Crippen molar-refractivity contribution in [3.05, 3.63) is 36.0 Å². The number of H-pyrrole nitrogens is 2. The number of fused-ring (bicyclic) bond motifs is 1. The van der Waals surface area contributed by atoms with Gasteiger partial charge in [-0.3, -0.25) is 4.79 Å². The highest BCUT2D eigenvalue weighted by Crippen LogP contribution is 2.23. The topological polar surface area (TPSA) is 73.6 Å². The lowest BCUT2D eigenvalue weighted by Crippen LogP contribution is -2.08. The SMILES string of the molecule is CC(=O)c1ccc2nc(-c3cc(NC(C)C)c[nH]3)[nH]c2c1. The fraction of sp³-hybridized carbons (Fsp3) is 0.250. The number of nitrogens with one attached hydrogen (secondary N) is 3. The van der Waals surface area contributed by atoms with Crippen LogP contribution in [0.15, 0.2) is 30.5 Å². The third kappa shape index (κ3) is 2.67. The van der Waals surface area contributed by atoms with E-state index in [-0.39, 0.29) is 5.78 Å². The number of ketones is 1. The average molecular weight is 282 g/mol. The van der Waals surface area contributed by atoms with Gasteiger partial charge in [0.15, 0.2) is 11.6 Å². The normalized spacial score (nSPS) is 11.2. The van der Waals surface area contributed by atoms with Crippen molar-refractivity contribution in [2.45, 2.75) is 26.8 Å². The monoisotopic (exact) mass is 282 g/mol. The minimum atomic E-state index is 0.0522. The summed E-state index contributed by atoms with van der Waals surface area (Å²) in [5, 5.41) is 3.34. The zero-order valence-corrected chi connectivity index (χ0v) is 12.3. The summed E-state index contributed by atoms with van der Waals surface area (Å²) in [6.07, 6.45) is 1.92. The third-order valence-corrected chi connectivity index (χ3v) is 3.28. The minimum absolute atomic E-state index is 0.0522. The average Bonchev–Trinajstić information content (AvgIpc) is 3.02. The Labute approximate surface area is 122 Å². The van der Waals surface area contributed by atoms with Gasteiger partial charge in [0, 0.05) is 17.8 Å². The Kier molecular flexibility index (Phi) is 3.25. The van der Waals surface area contributed by atoms with E-state index >= 15 is 0 Å². The van der Waals surface area contributed by atoms with Crippen molar-refractivity contribution < 1.29 is 4.79 Å². The highest BCUT2D eigenvalue weighted by molar-refractivity contribution is 5.97. The first-order valence-corrected chi connectivity index (χ1v) is 6.99. The standard InChI is InChI=1S/C16H18N4O/c1-9(2)18-12-7-15(17-8-12)16-19-13-5-4-11(10(3)21)6-14(13)20-16/h4-9,17-18H,1-3H3,(H,19,20). The van der Waals surface area contributed by atoms with E-state index < -0.39 is 0 Å². The molecule has 0 amide bonds. The van der Waals surface area contributed by atoms with Gasteiger partial charge >= 0.3 is 0 Å². The van der Waals surface area contributed by atoms with Gasteiger partial charge in [-0.05, 0) is 45.0 Å². The molecule has 0 radical (unpaired) electrons. The molecule has 5 heteroatoms. The molecule has 3 aromatic rings. The number of nitrogens with zero attached hydrogens (tertiary/aromatic N) is 1. The summed E-state index contributed by atoms with van der Waals surface area (Å²) >= 11 is 0. The number of aromatic nitrogens is 3. The van der Waals surface area contributed by atoms with Gasteiger partial charge in [-0.15, -0.1) is 0 Å². The summed E-state index contributed by atoms with van der Waals surface area (Å²) in [5.74, 6) is 0.818. The van der Waals surface area contributed by atoms with Crippen LogP contribution in [-0.2, 0) is 0 Å². The predicted molar refractivity (Wildman–Crippen MR) is 84.6 cm³/mol. The van der Waals surface area contributed by atoms with Gasteiger partial charge in [0.05, 0.1) is 22.4 Å². The van der Waals surface area contributed by atoms with E-state index in [0.717, 1.165) is 28.2 Å². The molecule has 0 aliphatic carbocycles. The molecule has 0 saturated carbocycles. The van der Waals surface area contributed by atoms with Crippen molar-refractivity contribution in [2.24, 2.45) is 0 Å². The second-order valence-corrected chi connectivity index (χ2v) is 5.47. The van der Waals surface area contributed by atoms with Gasteiger partial charge in [0.1, 0.15) is 0 Å². The number of benzene rings is 1. The number of hydrogen-bond acceptors (Lipinski definition) is 3. The summed E-state index contributed by atoms with van der Waals surface area (Å²) < 4.78 is 0. The van der Waals surface area contributed by atoms with Crippen molar-refractivity contribution in [3.63, 3.8) is 0 Å². The van der Waals surface area contributed by atoms with Gasteiger partial charge in [0.25, 0.3) is 0 Å². The van der Waals surface area contributed by atoms with Gasteiger partial charge in [-0.1, -0.05) is 0 Å². The Morgan fingerprint density at radius 1 is 1.29 bits per heavy atom. The third-order valence-electron chi connectivity index (χ3n) is 3.28. The molecular weight excluding hydrogens is 264 g/mol. The van der Waals surface area contributed by atoms with Crippen molar-refractivity contribution in [1.29, 1.82) is 0 Å². The van der Waals surface area contributed by atoms with Crippen LogP contribution in [0.4, 0.5) is 5.69 Å². The molecule has 0 aliphatic heterocycles. The quantitative estimate of drug-likeness (QED) is 0.640. The first-order valence-electron chi connectivity index (χ1n) is 6.99. The molecule has 0 fully saturated rings. The number of aromatic amines is 2. The maximum atomic E-state index is 11.4. The lowest BCUT2D eigenvalue weighted by atomic mass is 10.1. The molecule has 3 N–H and O–H groups in total. The van der Waals surface area contributed by atoms with Crippen LogP contribution in [0.5, 0.6) is 0 Å². The Morgan fingerprint density at radius 2 is 2.10 bits per heavy atom. The summed E-state index contributed by atoms with van der Waals surface area (Å²) in [4.78, 5) is 22.4. The van der Waals surface area contributed by atoms with Gasteiger partial charge in [0.2, 0.25) is 0 Å². The van der Waals surface area contributed by atoms with Crippen molar-refractivity contribution in [1.82, 2.24) is 15.0 Å². The molecule has 0 atom stereocenters. The number of anilines is 1. The maximum absolute atomic E-state index is 11.4. The van der Waals surface area contributed by atoms with E-state index in [0.29, 0.717) is 11.6 Å². The molecule has 5 nitrogen and oxygen atoms in total. The van der Waals surface area contributed by atoms with Crippen LogP contribution in [0.25, 0.3) is 22.6 Å². The molecule has 1 aromatic carbocycles. The van der Waals surface area contributed by atoms with Crippen LogP contribution in [0, 0.1) is 0 Å². The van der Waals surface area contributed by atoms with Crippen LogP contribution < -0.4 is 5.32 Å². The number of imidazole rings is 1. The Hall–Kier alpha value is -2.56. The van der Waals surface area contributed by atoms with Gasteiger partial charge in [-0.25, -0.2) is 4.98 Å². The Balaban J connectivity index is 1.97. The molecule has 0 spiro atoms. The molecule has 0 bridgehead atoms. The van der Waals surface area contributed by atoms with Crippen molar-refractivity contribution in [2.75, 3.05) is 5.32 Å². The molecule has 2 heterocycles. The van der Waals surface area contributed by atoms with E-state index in [4.69, 9.17) is 0 Å². The first kappa shape index (κ1) is 13.4. The fourth-order valence-electron chi connectivity index (χ4n) is 2.30. The number of carbonyl (C=O) groups excluding carboxylic acids is 1. The van der Waals surface area contributed by atoms with E-state index in [1.165, 1.54) is 0 Å². The molecule has 0 saturated heterocycles. The van der Waals surface area contributed by atoms with Crippen LogP contribution in [0.2, 0.25) is 0 Å². The largest absolute Gasteiger partial charge is 0.382 e. The Morgan fingerprint density at radius 3 is 2.81 bits per heavy atom.